The second-order valence-corrected chi connectivity index (χ2v) is 5.40. The highest BCUT2D eigenvalue weighted by atomic mass is 32.1. The van der Waals surface area contributed by atoms with Crippen molar-refractivity contribution in [3.05, 3.63) is 50.7 Å². The smallest absolute Gasteiger partial charge is 0.304 e. The maximum absolute atomic E-state index is 11.1. The van der Waals surface area contributed by atoms with Gasteiger partial charge in [0.2, 0.25) is 0 Å². The number of aromatic nitrogens is 3. The highest BCUT2D eigenvalue weighted by Crippen LogP contribution is 2.18. The Morgan fingerprint density at radius 3 is 2.95 bits per heavy atom. The normalized spacial score (nSPS) is 11.2. The molecule has 0 aliphatic heterocycles. The van der Waals surface area contributed by atoms with Crippen LogP contribution in [0.25, 0.3) is 10.9 Å². The molecule has 6 heteroatoms. The Kier molecular flexibility index (Phi) is 3.66. The molecule has 3 rings (SSSR count). The molecule has 0 saturated heterocycles. The van der Waals surface area contributed by atoms with Crippen LogP contribution in [0.3, 0.4) is 0 Å². The highest BCUT2D eigenvalue weighted by Gasteiger charge is 2.08. The van der Waals surface area contributed by atoms with Crippen LogP contribution in [0.4, 0.5) is 0 Å². The molecule has 0 unspecified atom stereocenters. The van der Waals surface area contributed by atoms with Crippen molar-refractivity contribution in [1.29, 1.82) is 0 Å². The van der Waals surface area contributed by atoms with Crippen LogP contribution in [-0.4, -0.2) is 14.8 Å². The highest BCUT2D eigenvalue weighted by molar-refractivity contribution is 7.07. The standard InChI is InChI=1S/C14H16N4OS/c1-2-18-13-6-4-3-5-11(13)12(17-18)8-15-7-10-9-20-14(19)16-10/h3-6,9,15H,2,7-8H2,1H3,(H,16,19). The number of aryl methyl sites for hydroxylation is 1. The second-order valence-electron chi connectivity index (χ2n) is 4.56. The molecule has 2 aromatic heterocycles. The number of nitrogens with one attached hydrogen (secondary N) is 2. The Labute approximate surface area is 120 Å². The number of aromatic amines is 1. The molecule has 2 heterocycles. The molecule has 2 N–H and O–H groups in total. The minimum Gasteiger partial charge on any atom is -0.315 e. The lowest BCUT2D eigenvalue weighted by molar-refractivity contribution is 0.628. The van der Waals surface area contributed by atoms with Gasteiger partial charge in [-0.1, -0.05) is 29.5 Å². The molecule has 0 radical (unpaired) electrons. The van der Waals surface area contributed by atoms with Gasteiger partial charge in [0.1, 0.15) is 0 Å². The number of para-hydroxylation sites is 1. The summed E-state index contributed by atoms with van der Waals surface area (Å²) in [6.45, 7) is 4.28. The first-order valence-corrected chi connectivity index (χ1v) is 7.47. The second kappa shape index (κ2) is 5.60. The maximum atomic E-state index is 11.1. The lowest BCUT2D eigenvalue weighted by Crippen LogP contribution is -2.14. The quantitative estimate of drug-likeness (QED) is 0.755. The van der Waals surface area contributed by atoms with E-state index in [-0.39, 0.29) is 4.87 Å². The SMILES string of the molecule is CCn1nc(CNCc2csc(=O)[nH]2)c2ccccc21. The van der Waals surface area contributed by atoms with Gasteiger partial charge in [-0.15, -0.1) is 0 Å². The molecule has 0 amide bonds. The fourth-order valence-corrected chi connectivity index (χ4v) is 2.87. The molecule has 0 spiro atoms. The first-order chi connectivity index (χ1) is 9.78. The molecule has 0 aliphatic carbocycles. The number of rotatable bonds is 5. The zero-order valence-electron chi connectivity index (χ0n) is 11.2. The van der Waals surface area contributed by atoms with Crippen LogP contribution in [0, 0.1) is 0 Å². The van der Waals surface area contributed by atoms with Crippen molar-refractivity contribution in [2.75, 3.05) is 0 Å². The summed E-state index contributed by atoms with van der Waals surface area (Å²) in [5.41, 5.74) is 3.12. The lowest BCUT2D eigenvalue weighted by Gasteiger charge is -2.00. The van der Waals surface area contributed by atoms with Crippen molar-refractivity contribution in [2.45, 2.75) is 26.6 Å². The zero-order valence-corrected chi connectivity index (χ0v) is 12.0. The minimum atomic E-state index is -0.0116. The summed E-state index contributed by atoms with van der Waals surface area (Å²) in [5, 5.41) is 11.0. The summed E-state index contributed by atoms with van der Waals surface area (Å²) in [4.78, 5) is 13.8. The van der Waals surface area contributed by atoms with E-state index in [4.69, 9.17) is 0 Å². The van der Waals surface area contributed by atoms with Gasteiger partial charge in [0.15, 0.2) is 0 Å². The summed E-state index contributed by atoms with van der Waals surface area (Å²) < 4.78 is 2.01. The predicted octanol–water partition coefficient (Wildman–Crippen LogP) is 2.10. The average molecular weight is 288 g/mol. The largest absolute Gasteiger partial charge is 0.315 e. The number of thiazole rings is 1. The Morgan fingerprint density at radius 1 is 1.35 bits per heavy atom. The van der Waals surface area contributed by atoms with Gasteiger partial charge in [-0.3, -0.25) is 9.48 Å². The number of H-pyrrole nitrogens is 1. The summed E-state index contributed by atoms with van der Waals surface area (Å²) in [6, 6.07) is 8.25. The molecule has 20 heavy (non-hydrogen) atoms. The van der Waals surface area contributed by atoms with Gasteiger partial charge in [-0.05, 0) is 13.0 Å². The molecule has 0 fully saturated rings. The summed E-state index contributed by atoms with van der Waals surface area (Å²) in [7, 11) is 0. The van der Waals surface area contributed by atoms with Crippen LogP contribution in [0.5, 0.6) is 0 Å². The van der Waals surface area contributed by atoms with E-state index in [1.807, 2.05) is 22.2 Å². The summed E-state index contributed by atoms with van der Waals surface area (Å²) >= 11 is 1.19. The molecular weight excluding hydrogens is 272 g/mol. The summed E-state index contributed by atoms with van der Waals surface area (Å²) in [6.07, 6.45) is 0. The van der Waals surface area contributed by atoms with Crippen LogP contribution in [-0.2, 0) is 19.6 Å². The van der Waals surface area contributed by atoms with Crippen molar-refractivity contribution in [2.24, 2.45) is 0 Å². The molecular formula is C14H16N4OS. The van der Waals surface area contributed by atoms with Crippen LogP contribution in [0.2, 0.25) is 0 Å². The topological polar surface area (TPSA) is 62.7 Å². The van der Waals surface area contributed by atoms with Gasteiger partial charge in [-0.25, -0.2) is 0 Å². The third-order valence-corrected chi connectivity index (χ3v) is 3.93. The number of fused-ring (bicyclic) bond motifs is 1. The van der Waals surface area contributed by atoms with E-state index in [0.29, 0.717) is 13.1 Å². The molecule has 1 aromatic carbocycles. The fourth-order valence-electron chi connectivity index (χ4n) is 2.28. The van der Waals surface area contributed by atoms with Gasteiger partial charge in [0.25, 0.3) is 0 Å². The van der Waals surface area contributed by atoms with Gasteiger partial charge in [0.05, 0.1) is 11.2 Å². The van der Waals surface area contributed by atoms with Crippen molar-refractivity contribution in [3.8, 4) is 0 Å². The van der Waals surface area contributed by atoms with Crippen molar-refractivity contribution < 1.29 is 0 Å². The minimum absolute atomic E-state index is 0.0116. The Balaban J connectivity index is 1.75. The van der Waals surface area contributed by atoms with Crippen molar-refractivity contribution in [3.63, 3.8) is 0 Å². The lowest BCUT2D eigenvalue weighted by atomic mass is 10.2. The Morgan fingerprint density at radius 2 is 2.20 bits per heavy atom. The van der Waals surface area contributed by atoms with Crippen LogP contribution >= 0.6 is 11.3 Å². The number of nitrogens with zero attached hydrogens (tertiary/aromatic N) is 2. The molecule has 0 atom stereocenters. The first-order valence-electron chi connectivity index (χ1n) is 6.59. The van der Waals surface area contributed by atoms with Gasteiger partial charge < -0.3 is 10.3 Å². The number of hydrogen-bond donors (Lipinski definition) is 2. The van der Waals surface area contributed by atoms with Crippen molar-refractivity contribution in [1.82, 2.24) is 20.1 Å². The van der Waals surface area contributed by atoms with E-state index < -0.39 is 0 Å². The fraction of sp³-hybridized carbons (Fsp3) is 0.286. The Hall–Kier alpha value is -1.92. The van der Waals surface area contributed by atoms with Crippen LogP contribution in [0.15, 0.2) is 34.4 Å². The van der Waals surface area contributed by atoms with E-state index in [1.165, 1.54) is 16.7 Å². The number of benzene rings is 1. The van der Waals surface area contributed by atoms with Crippen LogP contribution in [0.1, 0.15) is 18.3 Å². The van der Waals surface area contributed by atoms with Crippen molar-refractivity contribution >= 4 is 22.2 Å². The van der Waals surface area contributed by atoms with E-state index >= 15 is 0 Å². The number of hydrogen-bond acceptors (Lipinski definition) is 4. The molecule has 3 aromatic rings. The molecule has 0 aliphatic rings. The molecule has 0 bridgehead atoms. The maximum Gasteiger partial charge on any atom is 0.304 e. The average Bonchev–Trinajstić information content (AvgIpc) is 3.03. The van der Waals surface area contributed by atoms with Gasteiger partial charge in [0, 0.05) is 36.1 Å². The third-order valence-electron chi connectivity index (χ3n) is 3.21. The molecule has 104 valence electrons. The van der Waals surface area contributed by atoms with Gasteiger partial charge in [-0.2, -0.15) is 5.10 Å². The molecule has 0 saturated carbocycles. The zero-order chi connectivity index (χ0) is 13.9. The predicted molar refractivity (Wildman–Crippen MR) is 80.9 cm³/mol. The van der Waals surface area contributed by atoms with Gasteiger partial charge >= 0.3 is 4.87 Å². The third kappa shape index (κ3) is 2.52. The molecule has 5 nitrogen and oxygen atoms in total. The monoisotopic (exact) mass is 288 g/mol. The van der Waals surface area contributed by atoms with E-state index in [2.05, 4.69) is 34.5 Å². The van der Waals surface area contributed by atoms with E-state index in [9.17, 15) is 4.79 Å². The van der Waals surface area contributed by atoms with Crippen LogP contribution < -0.4 is 10.2 Å². The summed E-state index contributed by atoms with van der Waals surface area (Å²) in [5.74, 6) is 0. The first kappa shape index (κ1) is 13.1. The van der Waals surface area contributed by atoms with E-state index in [0.717, 1.165) is 23.4 Å². The van der Waals surface area contributed by atoms with E-state index in [1.54, 1.807) is 0 Å². The Bertz CT molecular complexity index is 771.